The highest BCUT2D eigenvalue weighted by Gasteiger charge is 2.24. The van der Waals surface area contributed by atoms with E-state index in [0.717, 1.165) is 24.3 Å². The van der Waals surface area contributed by atoms with Crippen molar-refractivity contribution in [1.29, 1.82) is 0 Å². The number of piperidine rings is 1. The molecule has 140 valence electrons. The van der Waals surface area contributed by atoms with Crippen LogP contribution < -0.4 is 4.74 Å². The first-order valence-corrected chi connectivity index (χ1v) is 10.00. The van der Waals surface area contributed by atoms with E-state index in [1.807, 2.05) is 19.2 Å². The summed E-state index contributed by atoms with van der Waals surface area (Å²) in [5.74, 6) is 1.41. The Morgan fingerprint density at radius 1 is 1.12 bits per heavy atom. The van der Waals surface area contributed by atoms with Crippen LogP contribution in [-0.4, -0.2) is 35.1 Å². The molecule has 2 aromatic rings. The lowest BCUT2D eigenvalue weighted by molar-refractivity contribution is 0.130. The van der Waals surface area contributed by atoms with Gasteiger partial charge in [0.2, 0.25) is 5.88 Å². The van der Waals surface area contributed by atoms with Crippen molar-refractivity contribution in [2.24, 2.45) is 0 Å². The van der Waals surface area contributed by atoms with Crippen molar-refractivity contribution in [3.8, 4) is 5.88 Å². The summed E-state index contributed by atoms with van der Waals surface area (Å²) in [5.41, 5.74) is 2.66. The van der Waals surface area contributed by atoms with Gasteiger partial charge in [0.1, 0.15) is 0 Å². The van der Waals surface area contributed by atoms with Crippen molar-refractivity contribution in [2.45, 2.75) is 64.5 Å². The topological polar surface area (TPSA) is 25.4 Å². The average Bonchev–Trinajstić information content (AvgIpc) is 2.69. The highest BCUT2D eigenvalue weighted by atomic mass is 16.5. The van der Waals surface area contributed by atoms with Gasteiger partial charge in [-0.3, -0.25) is 0 Å². The number of pyridine rings is 1. The Hall–Kier alpha value is -1.87. The minimum absolute atomic E-state index is 0.197. The SMILES string of the molecule is Cc1ccc(OC(C)CCC(C)N2CCC[C@@H](c3ccccc3)C2)nc1. The molecule has 0 bridgehead atoms. The summed E-state index contributed by atoms with van der Waals surface area (Å²) in [5, 5.41) is 0. The first kappa shape index (κ1) is 18.9. The molecule has 0 aliphatic carbocycles. The van der Waals surface area contributed by atoms with E-state index in [0.29, 0.717) is 12.0 Å². The van der Waals surface area contributed by atoms with Gasteiger partial charge >= 0.3 is 0 Å². The summed E-state index contributed by atoms with van der Waals surface area (Å²) in [6, 6.07) is 15.6. The fraction of sp³-hybridized carbons (Fsp3) is 0.522. The normalized spacial score (nSPS) is 20.5. The Labute approximate surface area is 158 Å². The highest BCUT2D eigenvalue weighted by Crippen LogP contribution is 2.28. The molecule has 1 fully saturated rings. The maximum Gasteiger partial charge on any atom is 0.213 e. The second-order valence-electron chi connectivity index (χ2n) is 7.77. The Morgan fingerprint density at radius 2 is 1.92 bits per heavy atom. The van der Waals surface area contributed by atoms with Crippen LogP contribution >= 0.6 is 0 Å². The smallest absolute Gasteiger partial charge is 0.213 e. The molecule has 3 atom stereocenters. The third kappa shape index (κ3) is 5.31. The number of rotatable bonds is 7. The molecule has 3 nitrogen and oxygen atoms in total. The lowest BCUT2D eigenvalue weighted by Crippen LogP contribution is -2.41. The number of hydrogen-bond donors (Lipinski definition) is 0. The fourth-order valence-corrected chi connectivity index (χ4v) is 3.85. The summed E-state index contributed by atoms with van der Waals surface area (Å²) < 4.78 is 5.97. The lowest BCUT2D eigenvalue weighted by atomic mass is 9.89. The Morgan fingerprint density at radius 3 is 2.65 bits per heavy atom. The average molecular weight is 353 g/mol. The molecule has 26 heavy (non-hydrogen) atoms. The van der Waals surface area contributed by atoms with Crippen LogP contribution in [0.4, 0.5) is 0 Å². The third-order valence-corrected chi connectivity index (χ3v) is 5.54. The minimum Gasteiger partial charge on any atom is -0.475 e. The quantitative estimate of drug-likeness (QED) is 0.684. The van der Waals surface area contributed by atoms with Crippen molar-refractivity contribution in [1.82, 2.24) is 9.88 Å². The number of benzene rings is 1. The third-order valence-electron chi connectivity index (χ3n) is 5.54. The van der Waals surface area contributed by atoms with Crippen molar-refractivity contribution in [2.75, 3.05) is 13.1 Å². The van der Waals surface area contributed by atoms with E-state index >= 15 is 0 Å². The summed E-state index contributed by atoms with van der Waals surface area (Å²) >= 11 is 0. The zero-order valence-electron chi connectivity index (χ0n) is 16.4. The number of aromatic nitrogens is 1. The summed E-state index contributed by atoms with van der Waals surface area (Å²) in [6.45, 7) is 8.96. The molecule has 1 saturated heterocycles. The molecular formula is C23H32N2O. The van der Waals surface area contributed by atoms with Crippen LogP contribution in [0, 0.1) is 6.92 Å². The van der Waals surface area contributed by atoms with Crippen LogP contribution in [0.1, 0.15) is 56.6 Å². The maximum atomic E-state index is 5.97. The summed E-state index contributed by atoms with van der Waals surface area (Å²) in [6.07, 6.45) is 6.89. The van der Waals surface area contributed by atoms with Crippen LogP contribution in [-0.2, 0) is 0 Å². The molecule has 1 aliphatic rings. The van der Waals surface area contributed by atoms with Gasteiger partial charge in [0.05, 0.1) is 6.10 Å². The zero-order chi connectivity index (χ0) is 18.4. The van der Waals surface area contributed by atoms with Crippen molar-refractivity contribution in [3.05, 3.63) is 59.8 Å². The Bertz CT molecular complexity index is 656. The van der Waals surface area contributed by atoms with Gasteiger partial charge < -0.3 is 9.64 Å². The van der Waals surface area contributed by atoms with Gasteiger partial charge in [-0.1, -0.05) is 36.4 Å². The van der Waals surface area contributed by atoms with Gasteiger partial charge in [0.25, 0.3) is 0 Å². The number of aryl methyl sites for hydroxylation is 1. The molecule has 2 heterocycles. The summed E-state index contributed by atoms with van der Waals surface area (Å²) in [4.78, 5) is 7.01. The van der Waals surface area contributed by atoms with E-state index in [2.05, 4.69) is 60.1 Å². The maximum absolute atomic E-state index is 5.97. The number of ether oxygens (including phenoxy) is 1. The van der Waals surface area contributed by atoms with Gasteiger partial charge in [-0.05, 0) is 70.0 Å². The van der Waals surface area contributed by atoms with Crippen molar-refractivity contribution in [3.63, 3.8) is 0 Å². The Kier molecular flexibility index (Phi) is 6.67. The molecule has 0 amide bonds. The number of hydrogen-bond acceptors (Lipinski definition) is 3. The molecule has 0 N–H and O–H groups in total. The monoisotopic (exact) mass is 352 g/mol. The molecule has 3 rings (SSSR count). The second kappa shape index (κ2) is 9.18. The molecule has 1 aromatic heterocycles. The molecule has 1 aromatic carbocycles. The molecule has 0 spiro atoms. The Balaban J connectivity index is 1.46. The van der Waals surface area contributed by atoms with Gasteiger partial charge in [-0.25, -0.2) is 4.98 Å². The number of nitrogens with zero attached hydrogens (tertiary/aromatic N) is 2. The van der Waals surface area contributed by atoms with Crippen LogP contribution in [0.5, 0.6) is 5.88 Å². The van der Waals surface area contributed by atoms with Gasteiger partial charge in [-0.2, -0.15) is 0 Å². The van der Waals surface area contributed by atoms with E-state index in [-0.39, 0.29) is 6.10 Å². The highest BCUT2D eigenvalue weighted by molar-refractivity contribution is 5.20. The molecule has 0 radical (unpaired) electrons. The predicted molar refractivity (Wildman–Crippen MR) is 108 cm³/mol. The van der Waals surface area contributed by atoms with E-state index in [4.69, 9.17) is 4.74 Å². The first-order valence-electron chi connectivity index (χ1n) is 10.00. The largest absolute Gasteiger partial charge is 0.475 e. The fourth-order valence-electron chi connectivity index (χ4n) is 3.85. The summed E-state index contributed by atoms with van der Waals surface area (Å²) in [7, 11) is 0. The molecule has 2 unspecified atom stereocenters. The van der Waals surface area contributed by atoms with E-state index < -0.39 is 0 Å². The first-order chi connectivity index (χ1) is 12.6. The molecule has 0 saturated carbocycles. The second-order valence-corrected chi connectivity index (χ2v) is 7.77. The zero-order valence-corrected chi connectivity index (χ0v) is 16.4. The standard InChI is InChI=1S/C23H32N2O/c1-18-11-14-23(24-16-18)26-20(3)13-12-19(2)25-15-7-10-22(17-25)21-8-5-4-6-9-21/h4-6,8-9,11,14,16,19-20,22H,7,10,12-13,15,17H2,1-3H3/t19?,20?,22-/m1/s1. The number of likely N-dealkylation sites (tertiary alicyclic amines) is 1. The van der Waals surface area contributed by atoms with Gasteiger partial charge in [0.15, 0.2) is 0 Å². The minimum atomic E-state index is 0.197. The van der Waals surface area contributed by atoms with Gasteiger partial charge in [-0.15, -0.1) is 0 Å². The van der Waals surface area contributed by atoms with Gasteiger partial charge in [0, 0.05) is 24.8 Å². The molecule has 3 heteroatoms. The van der Waals surface area contributed by atoms with Crippen molar-refractivity contribution < 1.29 is 4.74 Å². The van der Waals surface area contributed by atoms with E-state index in [9.17, 15) is 0 Å². The van der Waals surface area contributed by atoms with Crippen LogP contribution in [0.3, 0.4) is 0 Å². The molecular weight excluding hydrogens is 320 g/mol. The van der Waals surface area contributed by atoms with E-state index in [1.54, 1.807) is 0 Å². The van der Waals surface area contributed by atoms with Crippen LogP contribution in [0.25, 0.3) is 0 Å². The van der Waals surface area contributed by atoms with Crippen molar-refractivity contribution >= 4 is 0 Å². The van der Waals surface area contributed by atoms with Crippen LogP contribution in [0.15, 0.2) is 48.7 Å². The molecule has 1 aliphatic heterocycles. The van der Waals surface area contributed by atoms with E-state index in [1.165, 1.54) is 31.5 Å². The van der Waals surface area contributed by atoms with Crippen LogP contribution in [0.2, 0.25) is 0 Å². The predicted octanol–water partition coefficient (Wildman–Crippen LogP) is 5.21. The lowest BCUT2D eigenvalue weighted by Gasteiger charge is -2.37.